The Morgan fingerprint density at radius 1 is 1.00 bits per heavy atom. The van der Waals surface area contributed by atoms with Gasteiger partial charge < -0.3 is 0 Å². The number of aryl methyl sites for hydroxylation is 2. The van der Waals surface area contributed by atoms with Gasteiger partial charge in [0.15, 0.2) is 5.82 Å². The van der Waals surface area contributed by atoms with Crippen LogP contribution in [0.3, 0.4) is 0 Å². The van der Waals surface area contributed by atoms with Crippen LogP contribution in [0.25, 0.3) is 16.3 Å². The van der Waals surface area contributed by atoms with Gasteiger partial charge in [0.05, 0.1) is 9.90 Å². The third-order valence-corrected chi connectivity index (χ3v) is 6.38. The predicted molar refractivity (Wildman–Crippen MR) is 101 cm³/mol. The van der Waals surface area contributed by atoms with E-state index in [2.05, 4.69) is 48.2 Å². The minimum absolute atomic E-state index is 0.715. The van der Waals surface area contributed by atoms with Crippen LogP contribution in [0.1, 0.15) is 11.3 Å². The van der Waals surface area contributed by atoms with Crippen molar-refractivity contribution < 1.29 is 0 Å². The van der Waals surface area contributed by atoms with E-state index in [9.17, 15) is 0 Å². The van der Waals surface area contributed by atoms with Gasteiger partial charge in [0.25, 0.3) is 0 Å². The summed E-state index contributed by atoms with van der Waals surface area (Å²) in [5, 5.41) is 5.36. The molecule has 6 heteroatoms. The highest BCUT2D eigenvalue weighted by molar-refractivity contribution is 8.01. The Hall–Kier alpha value is -1.82. The van der Waals surface area contributed by atoms with Gasteiger partial charge in [-0.3, -0.25) is 0 Å². The molecular formula is C18H14ClN3S2. The molecule has 24 heavy (non-hydrogen) atoms. The molecule has 2 aromatic heterocycles. The lowest BCUT2D eigenvalue weighted by Crippen LogP contribution is -1.88. The van der Waals surface area contributed by atoms with Gasteiger partial charge in [-0.15, -0.1) is 5.10 Å². The van der Waals surface area contributed by atoms with Gasteiger partial charge in [0.2, 0.25) is 4.96 Å². The van der Waals surface area contributed by atoms with Crippen molar-refractivity contribution in [3.05, 3.63) is 64.8 Å². The first-order chi connectivity index (χ1) is 11.6. The maximum absolute atomic E-state index is 5.94. The first kappa shape index (κ1) is 15.7. The quantitative estimate of drug-likeness (QED) is 0.450. The number of aromatic nitrogens is 3. The van der Waals surface area contributed by atoms with Crippen LogP contribution in [0, 0.1) is 13.8 Å². The van der Waals surface area contributed by atoms with E-state index in [1.165, 1.54) is 14.7 Å². The van der Waals surface area contributed by atoms with Gasteiger partial charge in [-0.1, -0.05) is 52.4 Å². The molecule has 0 unspecified atom stereocenters. The maximum atomic E-state index is 5.94. The Balaban J connectivity index is 1.67. The first-order valence-electron chi connectivity index (χ1n) is 7.47. The molecule has 2 aromatic carbocycles. The van der Waals surface area contributed by atoms with Gasteiger partial charge in [-0.2, -0.15) is 4.98 Å². The number of benzene rings is 2. The van der Waals surface area contributed by atoms with Crippen LogP contribution in [0.2, 0.25) is 5.02 Å². The maximum Gasteiger partial charge on any atom is 0.213 e. The molecule has 0 spiro atoms. The smallest absolute Gasteiger partial charge is 0.207 e. The van der Waals surface area contributed by atoms with Crippen LogP contribution < -0.4 is 0 Å². The summed E-state index contributed by atoms with van der Waals surface area (Å²) < 4.78 is 3.14. The standard InChI is InChI=1S/C18H14ClN3S2/c1-11-3-9-15(10-4-11)23-17-12(2)22-18(24-17)20-16(21-22)13-5-7-14(19)8-6-13/h3-10H,1-2H3. The fraction of sp³-hybridized carbons (Fsp3) is 0.111. The second-order valence-electron chi connectivity index (χ2n) is 5.53. The molecule has 0 aliphatic heterocycles. The van der Waals surface area contributed by atoms with Gasteiger partial charge in [-0.05, 0) is 50.2 Å². The molecular weight excluding hydrogens is 358 g/mol. The Kier molecular flexibility index (Phi) is 4.08. The molecule has 0 saturated carbocycles. The number of thiazole rings is 1. The van der Waals surface area contributed by atoms with Crippen molar-refractivity contribution in [2.24, 2.45) is 0 Å². The fourth-order valence-corrected chi connectivity index (χ4v) is 4.68. The van der Waals surface area contributed by atoms with Gasteiger partial charge in [-0.25, -0.2) is 4.52 Å². The fourth-order valence-electron chi connectivity index (χ4n) is 2.35. The highest BCUT2D eigenvalue weighted by Crippen LogP contribution is 2.37. The third-order valence-electron chi connectivity index (χ3n) is 3.71. The average Bonchev–Trinajstić information content (AvgIpc) is 3.11. The summed E-state index contributed by atoms with van der Waals surface area (Å²) in [5.74, 6) is 0.730. The molecule has 0 bridgehead atoms. The highest BCUT2D eigenvalue weighted by atomic mass is 35.5. The van der Waals surface area contributed by atoms with Crippen LogP contribution >= 0.6 is 34.7 Å². The zero-order chi connectivity index (χ0) is 16.7. The summed E-state index contributed by atoms with van der Waals surface area (Å²) in [6, 6.07) is 16.2. The number of hydrogen-bond donors (Lipinski definition) is 0. The summed E-state index contributed by atoms with van der Waals surface area (Å²) in [7, 11) is 0. The lowest BCUT2D eigenvalue weighted by molar-refractivity contribution is 0.919. The summed E-state index contributed by atoms with van der Waals surface area (Å²) in [4.78, 5) is 6.80. The molecule has 4 aromatic rings. The van der Waals surface area contributed by atoms with Crippen LogP contribution in [0.15, 0.2) is 57.6 Å². The number of halogens is 1. The van der Waals surface area contributed by atoms with Gasteiger partial charge >= 0.3 is 0 Å². The van der Waals surface area contributed by atoms with E-state index in [4.69, 9.17) is 11.6 Å². The van der Waals surface area contributed by atoms with E-state index in [-0.39, 0.29) is 0 Å². The second-order valence-corrected chi connectivity index (χ2v) is 8.28. The van der Waals surface area contributed by atoms with Crippen molar-refractivity contribution in [1.29, 1.82) is 0 Å². The largest absolute Gasteiger partial charge is 0.213 e. The van der Waals surface area contributed by atoms with E-state index < -0.39 is 0 Å². The molecule has 0 atom stereocenters. The average molecular weight is 372 g/mol. The summed E-state index contributed by atoms with van der Waals surface area (Å²) in [6.07, 6.45) is 0. The van der Waals surface area contributed by atoms with Crippen molar-refractivity contribution >= 4 is 39.7 Å². The number of nitrogens with zero attached hydrogens (tertiary/aromatic N) is 3. The Morgan fingerprint density at radius 2 is 1.71 bits per heavy atom. The molecule has 0 aliphatic rings. The normalized spacial score (nSPS) is 11.3. The molecule has 3 nitrogen and oxygen atoms in total. The number of fused-ring (bicyclic) bond motifs is 1. The van der Waals surface area contributed by atoms with Crippen LogP contribution in [0.5, 0.6) is 0 Å². The summed E-state index contributed by atoms with van der Waals surface area (Å²) >= 11 is 9.37. The Bertz CT molecular complexity index is 1000. The molecule has 0 saturated heterocycles. The molecule has 120 valence electrons. The van der Waals surface area contributed by atoms with Crippen molar-refractivity contribution in [2.45, 2.75) is 23.0 Å². The van der Waals surface area contributed by atoms with E-state index in [1.807, 2.05) is 28.8 Å². The molecule has 2 heterocycles. The summed E-state index contributed by atoms with van der Waals surface area (Å²) in [6.45, 7) is 4.18. The third kappa shape index (κ3) is 2.95. The van der Waals surface area contributed by atoms with Crippen molar-refractivity contribution in [3.8, 4) is 11.4 Å². The lowest BCUT2D eigenvalue weighted by Gasteiger charge is -2.00. The molecule has 0 radical (unpaired) electrons. The van der Waals surface area contributed by atoms with Crippen LogP contribution in [-0.4, -0.2) is 14.6 Å². The molecule has 0 amide bonds. The summed E-state index contributed by atoms with van der Waals surface area (Å²) in [5.41, 5.74) is 3.36. The van der Waals surface area contributed by atoms with Crippen molar-refractivity contribution in [2.75, 3.05) is 0 Å². The molecule has 0 N–H and O–H groups in total. The molecule has 0 aliphatic carbocycles. The van der Waals surface area contributed by atoms with E-state index >= 15 is 0 Å². The topological polar surface area (TPSA) is 30.2 Å². The van der Waals surface area contributed by atoms with Crippen LogP contribution in [-0.2, 0) is 0 Å². The van der Waals surface area contributed by atoms with E-state index in [0.717, 1.165) is 22.0 Å². The minimum Gasteiger partial charge on any atom is -0.207 e. The van der Waals surface area contributed by atoms with Crippen LogP contribution in [0.4, 0.5) is 0 Å². The predicted octanol–water partition coefficient (Wildman–Crippen LogP) is 5.88. The Morgan fingerprint density at radius 3 is 2.38 bits per heavy atom. The zero-order valence-corrected chi connectivity index (χ0v) is 15.5. The number of hydrogen-bond acceptors (Lipinski definition) is 4. The van der Waals surface area contributed by atoms with Crippen molar-refractivity contribution in [3.63, 3.8) is 0 Å². The zero-order valence-electron chi connectivity index (χ0n) is 13.2. The van der Waals surface area contributed by atoms with Crippen molar-refractivity contribution in [1.82, 2.24) is 14.6 Å². The number of rotatable bonds is 3. The monoisotopic (exact) mass is 371 g/mol. The first-order valence-corrected chi connectivity index (χ1v) is 9.48. The van der Waals surface area contributed by atoms with Gasteiger partial charge in [0, 0.05) is 15.5 Å². The molecule has 0 fully saturated rings. The van der Waals surface area contributed by atoms with E-state index in [0.29, 0.717) is 5.02 Å². The SMILES string of the molecule is Cc1ccc(Sc2sc3nc(-c4ccc(Cl)cc4)nn3c2C)cc1. The lowest BCUT2D eigenvalue weighted by atomic mass is 10.2. The molecule has 4 rings (SSSR count). The highest BCUT2D eigenvalue weighted by Gasteiger charge is 2.15. The van der Waals surface area contributed by atoms with Gasteiger partial charge in [0.1, 0.15) is 0 Å². The van der Waals surface area contributed by atoms with E-state index in [1.54, 1.807) is 23.1 Å². The Labute approximate surface area is 153 Å². The second kappa shape index (κ2) is 6.24. The minimum atomic E-state index is 0.715.